The number of hydrogen-bond acceptors (Lipinski definition) is 2. The predicted molar refractivity (Wildman–Crippen MR) is 74.1 cm³/mol. The Labute approximate surface area is 115 Å². The van der Waals surface area contributed by atoms with Crippen molar-refractivity contribution in [3.63, 3.8) is 0 Å². The minimum atomic E-state index is -0.853. The Morgan fingerprint density at radius 1 is 1.21 bits per heavy atom. The molecule has 0 saturated heterocycles. The van der Waals surface area contributed by atoms with Gasteiger partial charge >= 0.3 is 12.0 Å². The lowest BCUT2D eigenvalue weighted by Crippen LogP contribution is -2.51. The number of hydrogen-bond donors (Lipinski definition) is 3. The molecule has 0 unspecified atom stereocenters. The molecule has 0 aliphatic heterocycles. The van der Waals surface area contributed by atoms with Gasteiger partial charge in [0, 0.05) is 12.1 Å². The molecule has 0 aromatic carbocycles. The molecule has 1 saturated carbocycles. The van der Waals surface area contributed by atoms with Crippen molar-refractivity contribution >= 4 is 12.0 Å². The monoisotopic (exact) mass is 270 g/mol. The van der Waals surface area contributed by atoms with E-state index in [9.17, 15) is 14.7 Å². The lowest BCUT2D eigenvalue weighted by Gasteiger charge is -2.29. The molecule has 1 rings (SSSR count). The van der Waals surface area contributed by atoms with Gasteiger partial charge in [0.15, 0.2) is 0 Å². The maximum Gasteiger partial charge on any atom is 0.315 e. The normalized spacial score (nSPS) is 18.1. The maximum absolute atomic E-state index is 11.9. The van der Waals surface area contributed by atoms with Gasteiger partial charge in [0.2, 0.25) is 0 Å². The molecule has 1 aliphatic rings. The highest BCUT2D eigenvalue weighted by atomic mass is 16.4. The van der Waals surface area contributed by atoms with Crippen LogP contribution in [0.4, 0.5) is 4.79 Å². The number of nitrogens with one attached hydrogen (secondary N) is 2. The van der Waals surface area contributed by atoms with Crippen molar-refractivity contribution in [2.75, 3.05) is 6.54 Å². The average Bonchev–Trinajstić information content (AvgIpc) is 2.77. The molecular formula is C14H26N2O3. The van der Waals surface area contributed by atoms with E-state index in [1.54, 1.807) is 0 Å². The molecule has 0 heterocycles. The Bertz CT molecular complexity index is 332. The number of carbonyl (C=O) groups is 2. The van der Waals surface area contributed by atoms with Gasteiger partial charge in [0.1, 0.15) is 0 Å². The number of carboxylic acid groups (broad SMARTS) is 1. The van der Waals surface area contributed by atoms with E-state index in [1.807, 2.05) is 20.8 Å². The Balaban J connectivity index is 2.50. The zero-order valence-electron chi connectivity index (χ0n) is 12.2. The van der Waals surface area contributed by atoms with Crippen LogP contribution in [0.2, 0.25) is 0 Å². The first-order valence-electron chi connectivity index (χ1n) is 7.17. The number of amides is 2. The third-order valence-electron chi connectivity index (χ3n) is 4.52. The summed E-state index contributed by atoms with van der Waals surface area (Å²) in [7, 11) is 0. The largest absolute Gasteiger partial charge is 0.481 e. The third-order valence-corrected chi connectivity index (χ3v) is 4.52. The zero-order valence-corrected chi connectivity index (χ0v) is 12.2. The molecule has 5 nitrogen and oxygen atoms in total. The van der Waals surface area contributed by atoms with Gasteiger partial charge in [0.05, 0.1) is 5.41 Å². The third kappa shape index (κ3) is 3.85. The standard InChI is InChI=1S/C14H26N2O3/c1-4-14(5-2,11(17)18)10-15-12(19)16-13(3)8-6-7-9-13/h4-10H2,1-3H3,(H,17,18)(H2,15,16,19). The summed E-state index contributed by atoms with van der Waals surface area (Å²) in [5.41, 5.74) is -0.984. The Hall–Kier alpha value is -1.26. The van der Waals surface area contributed by atoms with Crippen molar-refractivity contribution < 1.29 is 14.7 Å². The summed E-state index contributed by atoms with van der Waals surface area (Å²) in [6.07, 6.45) is 5.28. The molecule has 0 aromatic heterocycles. The van der Waals surface area contributed by atoms with E-state index in [2.05, 4.69) is 10.6 Å². The first kappa shape index (κ1) is 15.8. The molecule has 3 N–H and O–H groups in total. The van der Waals surface area contributed by atoms with E-state index in [1.165, 1.54) is 0 Å². The molecule has 0 radical (unpaired) electrons. The van der Waals surface area contributed by atoms with E-state index in [4.69, 9.17) is 0 Å². The molecule has 19 heavy (non-hydrogen) atoms. The van der Waals surface area contributed by atoms with Crippen LogP contribution in [0.25, 0.3) is 0 Å². The molecule has 0 spiro atoms. The lowest BCUT2D eigenvalue weighted by molar-refractivity contribution is -0.149. The van der Waals surface area contributed by atoms with Gasteiger partial charge in [-0.05, 0) is 32.6 Å². The van der Waals surface area contributed by atoms with E-state index >= 15 is 0 Å². The molecule has 0 bridgehead atoms. The van der Waals surface area contributed by atoms with Crippen LogP contribution in [0.5, 0.6) is 0 Å². The van der Waals surface area contributed by atoms with Crippen molar-refractivity contribution in [2.24, 2.45) is 5.41 Å². The number of carboxylic acids is 1. The fourth-order valence-electron chi connectivity index (χ4n) is 2.73. The second kappa shape index (κ2) is 6.26. The fourth-order valence-corrected chi connectivity index (χ4v) is 2.73. The van der Waals surface area contributed by atoms with Gasteiger partial charge in [-0.1, -0.05) is 26.7 Å². The maximum atomic E-state index is 11.9. The first-order valence-corrected chi connectivity index (χ1v) is 7.17. The van der Waals surface area contributed by atoms with Crippen LogP contribution in [0, 0.1) is 5.41 Å². The Morgan fingerprint density at radius 3 is 2.16 bits per heavy atom. The fraction of sp³-hybridized carbons (Fsp3) is 0.857. The van der Waals surface area contributed by atoms with Gasteiger partial charge in [-0.15, -0.1) is 0 Å². The van der Waals surface area contributed by atoms with Gasteiger partial charge < -0.3 is 15.7 Å². The number of aliphatic carboxylic acids is 1. The van der Waals surface area contributed by atoms with Crippen LogP contribution < -0.4 is 10.6 Å². The van der Waals surface area contributed by atoms with E-state index in [0.717, 1.165) is 25.7 Å². The van der Waals surface area contributed by atoms with Crippen LogP contribution in [0.15, 0.2) is 0 Å². The summed E-state index contributed by atoms with van der Waals surface area (Å²) >= 11 is 0. The van der Waals surface area contributed by atoms with Gasteiger partial charge in [-0.3, -0.25) is 4.79 Å². The highest BCUT2D eigenvalue weighted by Gasteiger charge is 2.36. The number of carbonyl (C=O) groups excluding carboxylic acids is 1. The van der Waals surface area contributed by atoms with Crippen molar-refractivity contribution in [3.8, 4) is 0 Å². The predicted octanol–water partition coefficient (Wildman–Crippen LogP) is 2.51. The van der Waals surface area contributed by atoms with Gasteiger partial charge in [0.25, 0.3) is 0 Å². The number of urea groups is 1. The molecule has 1 fully saturated rings. The van der Waals surface area contributed by atoms with Gasteiger partial charge in [-0.25, -0.2) is 4.79 Å². The lowest BCUT2D eigenvalue weighted by atomic mass is 9.82. The minimum absolute atomic E-state index is 0.131. The van der Waals surface area contributed by atoms with E-state index in [0.29, 0.717) is 12.8 Å². The molecule has 1 aliphatic carbocycles. The second-order valence-electron chi connectivity index (χ2n) is 5.87. The van der Waals surface area contributed by atoms with Crippen molar-refractivity contribution in [3.05, 3.63) is 0 Å². The summed E-state index contributed by atoms with van der Waals surface area (Å²) in [5.74, 6) is -0.843. The number of rotatable bonds is 6. The van der Waals surface area contributed by atoms with Gasteiger partial charge in [-0.2, -0.15) is 0 Å². The van der Waals surface area contributed by atoms with Crippen LogP contribution in [-0.4, -0.2) is 29.2 Å². The molecule has 0 aromatic rings. The molecule has 5 heteroatoms. The summed E-state index contributed by atoms with van der Waals surface area (Å²) < 4.78 is 0. The molecular weight excluding hydrogens is 244 g/mol. The molecule has 110 valence electrons. The summed E-state index contributed by atoms with van der Waals surface area (Å²) in [5, 5.41) is 15.0. The van der Waals surface area contributed by atoms with Crippen molar-refractivity contribution in [2.45, 2.75) is 64.8 Å². The van der Waals surface area contributed by atoms with Crippen molar-refractivity contribution in [1.82, 2.24) is 10.6 Å². The quantitative estimate of drug-likeness (QED) is 0.694. The highest BCUT2D eigenvalue weighted by molar-refractivity contribution is 5.78. The van der Waals surface area contributed by atoms with E-state index in [-0.39, 0.29) is 18.1 Å². The topological polar surface area (TPSA) is 78.4 Å². The SMILES string of the molecule is CCC(CC)(CNC(=O)NC1(C)CCCC1)C(=O)O. The smallest absolute Gasteiger partial charge is 0.315 e. The zero-order chi connectivity index (χ0) is 14.5. The summed E-state index contributed by atoms with van der Waals surface area (Å²) in [6.45, 7) is 5.91. The summed E-state index contributed by atoms with van der Waals surface area (Å²) in [4.78, 5) is 23.2. The van der Waals surface area contributed by atoms with Crippen LogP contribution in [0.1, 0.15) is 59.3 Å². The Kier molecular flexibility index (Phi) is 5.20. The summed E-state index contributed by atoms with van der Waals surface area (Å²) in [6, 6.07) is -0.253. The van der Waals surface area contributed by atoms with Crippen LogP contribution >= 0.6 is 0 Å². The molecule has 0 atom stereocenters. The van der Waals surface area contributed by atoms with Crippen LogP contribution in [0.3, 0.4) is 0 Å². The highest BCUT2D eigenvalue weighted by Crippen LogP contribution is 2.29. The van der Waals surface area contributed by atoms with E-state index < -0.39 is 11.4 Å². The average molecular weight is 270 g/mol. The minimum Gasteiger partial charge on any atom is -0.481 e. The van der Waals surface area contributed by atoms with Crippen LogP contribution in [-0.2, 0) is 4.79 Å². The second-order valence-corrected chi connectivity index (χ2v) is 5.87. The molecule has 2 amide bonds. The Morgan fingerprint density at radius 2 is 1.74 bits per heavy atom. The van der Waals surface area contributed by atoms with Crippen molar-refractivity contribution in [1.29, 1.82) is 0 Å². The first-order chi connectivity index (χ1) is 8.87.